The number of aliphatic hydroxyl groups is 2. The van der Waals surface area contributed by atoms with Crippen molar-refractivity contribution in [3.63, 3.8) is 0 Å². The van der Waals surface area contributed by atoms with Crippen molar-refractivity contribution in [3.05, 3.63) is 0 Å². The van der Waals surface area contributed by atoms with Crippen molar-refractivity contribution < 1.29 is 10.2 Å². The molecule has 0 spiro atoms. The van der Waals surface area contributed by atoms with E-state index in [-0.39, 0.29) is 13.2 Å². The van der Waals surface area contributed by atoms with Gasteiger partial charge in [0.25, 0.3) is 0 Å². The van der Waals surface area contributed by atoms with Gasteiger partial charge in [0.2, 0.25) is 0 Å². The molecule has 1 saturated carbocycles. The van der Waals surface area contributed by atoms with Crippen molar-refractivity contribution in [1.29, 1.82) is 0 Å². The number of aliphatic hydroxyl groups excluding tert-OH is 2. The lowest BCUT2D eigenvalue weighted by molar-refractivity contribution is 0.0701. The van der Waals surface area contributed by atoms with E-state index in [1.54, 1.807) is 0 Å². The van der Waals surface area contributed by atoms with E-state index in [1.807, 2.05) is 6.92 Å². The van der Waals surface area contributed by atoms with Crippen LogP contribution in [0.25, 0.3) is 0 Å². The Morgan fingerprint density at radius 2 is 1.94 bits per heavy atom. The first-order valence-corrected chi connectivity index (χ1v) is 7.47. The van der Waals surface area contributed by atoms with Crippen LogP contribution >= 0.6 is 0 Å². The summed E-state index contributed by atoms with van der Waals surface area (Å²) in [5.41, 5.74) is -0.494. The Morgan fingerprint density at radius 1 is 1.17 bits per heavy atom. The van der Waals surface area contributed by atoms with E-state index in [2.05, 4.69) is 10.6 Å². The molecule has 2 fully saturated rings. The second-order valence-corrected chi connectivity index (χ2v) is 6.00. The average molecular weight is 256 g/mol. The quantitative estimate of drug-likeness (QED) is 0.563. The minimum absolute atomic E-state index is 0.0152. The van der Waals surface area contributed by atoms with Gasteiger partial charge in [0.1, 0.15) is 0 Å². The molecule has 106 valence electrons. The molecular weight excluding hydrogens is 228 g/mol. The maximum absolute atomic E-state index is 9.55. The fraction of sp³-hybridized carbons (Fsp3) is 1.00. The topological polar surface area (TPSA) is 64.5 Å². The molecule has 0 radical (unpaired) electrons. The fourth-order valence-electron chi connectivity index (χ4n) is 3.59. The summed E-state index contributed by atoms with van der Waals surface area (Å²) in [6.07, 6.45) is 7.03. The second-order valence-electron chi connectivity index (χ2n) is 6.00. The lowest BCUT2D eigenvalue weighted by Gasteiger charge is -2.37. The van der Waals surface area contributed by atoms with E-state index in [1.165, 1.54) is 32.1 Å². The summed E-state index contributed by atoms with van der Waals surface area (Å²) in [7, 11) is 0. The molecule has 3 atom stereocenters. The van der Waals surface area contributed by atoms with Crippen molar-refractivity contribution in [2.75, 3.05) is 19.8 Å². The molecule has 0 aromatic rings. The smallest absolute Gasteiger partial charge is 0.0647 e. The summed E-state index contributed by atoms with van der Waals surface area (Å²) in [5.74, 6) is 0.663. The maximum atomic E-state index is 9.55. The third-order valence-corrected chi connectivity index (χ3v) is 4.96. The van der Waals surface area contributed by atoms with E-state index in [9.17, 15) is 10.2 Å². The number of hydrogen-bond donors (Lipinski definition) is 4. The minimum Gasteiger partial charge on any atom is -0.394 e. The van der Waals surface area contributed by atoms with Crippen LogP contribution in [0.15, 0.2) is 0 Å². The number of rotatable bonds is 6. The van der Waals surface area contributed by atoms with E-state index >= 15 is 0 Å². The largest absolute Gasteiger partial charge is 0.394 e. The second kappa shape index (κ2) is 6.33. The minimum atomic E-state index is -0.494. The van der Waals surface area contributed by atoms with Crippen molar-refractivity contribution in [1.82, 2.24) is 10.6 Å². The highest BCUT2D eigenvalue weighted by Crippen LogP contribution is 2.33. The molecule has 1 aliphatic heterocycles. The Hall–Kier alpha value is -0.160. The number of hydrogen-bond acceptors (Lipinski definition) is 4. The third kappa shape index (κ3) is 2.87. The monoisotopic (exact) mass is 256 g/mol. The predicted molar refractivity (Wildman–Crippen MR) is 72.5 cm³/mol. The Balaban J connectivity index is 1.98. The lowest BCUT2D eigenvalue weighted by atomic mass is 9.89. The van der Waals surface area contributed by atoms with Crippen LogP contribution in [0.1, 0.15) is 45.4 Å². The van der Waals surface area contributed by atoms with Gasteiger partial charge >= 0.3 is 0 Å². The highest BCUT2D eigenvalue weighted by molar-refractivity contribution is 4.98. The van der Waals surface area contributed by atoms with Gasteiger partial charge in [0, 0.05) is 12.1 Å². The van der Waals surface area contributed by atoms with Crippen molar-refractivity contribution in [3.8, 4) is 0 Å². The summed E-state index contributed by atoms with van der Waals surface area (Å²) >= 11 is 0. The molecule has 4 N–H and O–H groups in total. The number of nitrogens with one attached hydrogen (secondary N) is 2. The van der Waals surface area contributed by atoms with Gasteiger partial charge in [-0.25, -0.2) is 0 Å². The van der Waals surface area contributed by atoms with E-state index in [4.69, 9.17) is 0 Å². The van der Waals surface area contributed by atoms with Crippen molar-refractivity contribution >= 4 is 0 Å². The van der Waals surface area contributed by atoms with Crippen molar-refractivity contribution in [2.24, 2.45) is 5.92 Å². The average Bonchev–Trinajstić information content (AvgIpc) is 3.06. The van der Waals surface area contributed by atoms with Gasteiger partial charge < -0.3 is 20.8 Å². The van der Waals surface area contributed by atoms with Gasteiger partial charge in [-0.3, -0.25) is 0 Å². The highest BCUT2D eigenvalue weighted by Gasteiger charge is 2.39. The van der Waals surface area contributed by atoms with Crippen molar-refractivity contribution in [2.45, 2.75) is 63.1 Å². The molecule has 2 rings (SSSR count). The zero-order valence-electron chi connectivity index (χ0n) is 11.5. The first-order valence-electron chi connectivity index (χ1n) is 7.47. The maximum Gasteiger partial charge on any atom is 0.0647 e. The van der Waals surface area contributed by atoms with E-state index < -0.39 is 5.54 Å². The van der Waals surface area contributed by atoms with Gasteiger partial charge in [-0.05, 0) is 44.6 Å². The summed E-state index contributed by atoms with van der Waals surface area (Å²) in [6, 6.07) is 1.08. The molecular formula is C14H28N2O2. The van der Waals surface area contributed by atoms with Crippen LogP contribution in [0.2, 0.25) is 0 Å². The van der Waals surface area contributed by atoms with Crippen LogP contribution in [0.5, 0.6) is 0 Å². The predicted octanol–water partition coefficient (Wildman–Crippen LogP) is 0.630. The first kappa shape index (κ1) is 14.3. The molecule has 0 amide bonds. The zero-order valence-corrected chi connectivity index (χ0v) is 11.5. The Bertz CT molecular complexity index is 242. The summed E-state index contributed by atoms with van der Waals surface area (Å²) in [5, 5.41) is 26.3. The molecule has 1 heterocycles. The lowest BCUT2D eigenvalue weighted by Crippen LogP contribution is -2.57. The van der Waals surface area contributed by atoms with Gasteiger partial charge in [0.15, 0.2) is 0 Å². The standard InChI is InChI=1S/C14H28N2O2/c1-2-14(9-17,10-18)16-13-6-3-5-11(13)12-7-4-8-15-12/h11-13,15-18H,2-10H2,1H3. The first-order chi connectivity index (χ1) is 8.74. The van der Waals surface area contributed by atoms with Crippen LogP contribution in [0.4, 0.5) is 0 Å². The summed E-state index contributed by atoms with van der Waals surface area (Å²) < 4.78 is 0. The molecule has 4 heteroatoms. The van der Waals surface area contributed by atoms with Gasteiger partial charge in [-0.1, -0.05) is 13.3 Å². The van der Waals surface area contributed by atoms with E-state index in [0.29, 0.717) is 18.0 Å². The Kier molecular flexibility index (Phi) is 5.01. The molecule has 18 heavy (non-hydrogen) atoms. The highest BCUT2D eigenvalue weighted by atomic mass is 16.3. The third-order valence-electron chi connectivity index (χ3n) is 4.96. The molecule has 3 unspecified atom stereocenters. The Morgan fingerprint density at radius 3 is 2.50 bits per heavy atom. The van der Waals surface area contributed by atoms with Crippen LogP contribution in [0, 0.1) is 5.92 Å². The van der Waals surface area contributed by atoms with Crippen LogP contribution in [-0.4, -0.2) is 47.6 Å². The van der Waals surface area contributed by atoms with Crippen LogP contribution < -0.4 is 10.6 Å². The van der Waals surface area contributed by atoms with Gasteiger partial charge in [-0.15, -0.1) is 0 Å². The molecule has 0 aromatic carbocycles. The van der Waals surface area contributed by atoms with Crippen LogP contribution in [0.3, 0.4) is 0 Å². The Labute approximate surface area is 110 Å². The van der Waals surface area contributed by atoms with Crippen LogP contribution in [-0.2, 0) is 0 Å². The molecule has 1 aliphatic carbocycles. The molecule has 0 bridgehead atoms. The van der Waals surface area contributed by atoms with E-state index in [0.717, 1.165) is 13.0 Å². The zero-order chi connectivity index (χ0) is 13.0. The molecule has 0 aromatic heterocycles. The fourth-order valence-corrected chi connectivity index (χ4v) is 3.59. The summed E-state index contributed by atoms with van der Waals surface area (Å²) in [4.78, 5) is 0. The normalized spacial score (nSPS) is 33.2. The SMILES string of the molecule is CCC(CO)(CO)NC1CCCC1C1CCCN1. The van der Waals surface area contributed by atoms with Gasteiger partial charge in [-0.2, -0.15) is 0 Å². The van der Waals surface area contributed by atoms with Gasteiger partial charge in [0.05, 0.1) is 18.8 Å². The summed E-state index contributed by atoms with van der Waals surface area (Å²) in [6.45, 7) is 3.20. The molecule has 2 aliphatic rings. The molecule has 4 nitrogen and oxygen atoms in total. The molecule has 1 saturated heterocycles.